The number of anilines is 5. The van der Waals surface area contributed by atoms with Crippen LogP contribution in [0.25, 0.3) is 94.3 Å². The molecule has 16 rings (SSSR count). The van der Waals surface area contributed by atoms with Crippen LogP contribution in [0.4, 0.5) is 29.0 Å². The van der Waals surface area contributed by atoms with Gasteiger partial charge in [-0.05, 0) is 161 Å². The van der Waals surface area contributed by atoms with E-state index in [9.17, 15) is 19.2 Å². The van der Waals surface area contributed by atoms with Crippen molar-refractivity contribution in [2.75, 3.05) is 130 Å². The van der Waals surface area contributed by atoms with Crippen LogP contribution in [0.2, 0.25) is 10.0 Å². The van der Waals surface area contributed by atoms with E-state index < -0.39 is 0 Å². The third-order valence-corrected chi connectivity index (χ3v) is 22.0. The number of hydrogen-bond acceptors (Lipinski definition) is 20. The molecule has 612 valence electrons. The topological polar surface area (TPSA) is 333 Å². The van der Waals surface area contributed by atoms with Gasteiger partial charge in [0.1, 0.15) is 77.0 Å². The Labute approximate surface area is 699 Å². The average Bonchev–Trinajstić information content (AvgIpc) is 1.63. The Morgan fingerprint density at radius 3 is 1.22 bits per heavy atom. The molecule has 28 nitrogen and oxygen atoms in total. The lowest BCUT2D eigenvalue weighted by molar-refractivity contribution is -0.125. The third kappa shape index (κ3) is 18.3. The van der Waals surface area contributed by atoms with Gasteiger partial charge in [-0.2, -0.15) is 0 Å². The second kappa shape index (κ2) is 36.9. The number of carbonyl (C=O) groups is 4. The molecule has 5 aromatic carbocycles. The second-order valence-corrected chi connectivity index (χ2v) is 30.7. The van der Waals surface area contributed by atoms with Crippen molar-refractivity contribution in [1.29, 1.82) is 0 Å². The summed E-state index contributed by atoms with van der Waals surface area (Å²) in [6.45, 7) is 16.6. The summed E-state index contributed by atoms with van der Waals surface area (Å²) >= 11 is 12.1. The SMILES string of the molecule is C=CC(=O)N1CC[C@@H](n2cc(-c3ccc(C)c(OC)c3)c3c(N)ncnc32)C1.C=CC(=O)N1CC[C@@H](n2cc(-c3ccc(Cl)cc3)c3c(N)ncnc32)C1.CN(C)C/C=C/C(=O)N(C)c1cccc(-n2cc(-c3ccc(Cl)cc3)c3c(N)ncnc32)c1.COc1cc(-c2cn([C@@H]3CCN(C(=O)/C=C/CN(C)C)C3)c3ncnc(N)c23)ccc1C. The molecule has 11 heterocycles. The fourth-order valence-corrected chi connectivity index (χ4v) is 15.5. The monoisotopic (exact) mass is 1640 g/mol. The maximum atomic E-state index is 12.6. The van der Waals surface area contributed by atoms with Crippen molar-refractivity contribution < 1.29 is 28.7 Å². The number of carbonyl (C=O) groups excluding carboxylic acids is 4. The van der Waals surface area contributed by atoms with Crippen LogP contribution >= 0.6 is 23.2 Å². The number of benzene rings is 5. The number of nitrogens with zero attached hydrogens (tertiary/aromatic N) is 18. The molecule has 13 aromatic rings. The molecule has 0 aliphatic carbocycles. The van der Waals surface area contributed by atoms with Gasteiger partial charge in [-0.25, -0.2) is 39.9 Å². The van der Waals surface area contributed by atoms with E-state index in [4.69, 9.17) is 55.6 Å². The molecule has 119 heavy (non-hydrogen) atoms. The van der Waals surface area contributed by atoms with Crippen LogP contribution in [0.3, 0.4) is 0 Å². The molecule has 0 unspecified atom stereocenters. The Bertz CT molecular complexity index is 6010. The minimum Gasteiger partial charge on any atom is -0.496 e. The number of rotatable bonds is 19. The van der Waals surface area contributed by atoms with Crippen molar-refractivity contribution in [3.8, 4) is 61.7 Å². The lowest BCUT2D eigenvalue weighted by Crippen LogP contribution is -2.27. The molecular formula is C89H96Cl2N22O6. The van der Waals surface area contributed by atoms with Crippen LogP contribution < -0.4 is 37.3 Å². The Hall–Kier alpha value is -13.3. The van der Waals surface area contributed by atoms with Gasteiger partial charge in [0.15, 0.2) is 5.65 Å². The zero-order chi connectivity index (χ0) is 84.5. The molecular weight excluding hydrogens is 1540 g/mol. The first-order chi connectivity index (χ1) is 57.3. The highest BCUT2D eigenvalue weighted by Crippen LogP contribution is 2.43. The van der Waals surface area contributed by atoms with Crippen molar-refractivity contribution in [2.45, 2.75) is 51.2 Å². The van der Waals surface area contributed by atoms with E-state index in [1.54, 1.807) is 43.2 Å². The number of amides is 4. The van der Waals surface area contributed by atoms with Gasteiger partial charge >= 0.3 is 0 Å². The van der Waals surface area contributed by atoms with Gasteiger partial charge in [0.2, 0.25) is 23.6 Å². The summed E-state index contributed by atoms with van der Waals surface area (Å²) in [6, 6.07) is 35.5. The lowest BCUT2D eigenvalue weighted by Gasteiger charge is -2.17. The summed E-state index contributed by atoms with van der Waals surface area (Å²) in [7, 11) is 13.0. The largest absolute Gasteiger partial charge is 0.496 e. The molecule has 3 aliphatic rings. The van der Waals surface area contributed by atoms with E-state index >= 15 is 0 Å². The average molecular weight is 1640 g/mol. The van der Waals surface area contributed by atoms with Gasteiger partial charge in [-0.1, -0.05) is 103 Å². The predicted octanol–water partition coefficient (Wildman–Crippen LogP) is 13.5. The van der Waals surface area contributed by atoms with Crippen molar-refractivity contribution in [2.24, 2.45) is 0 Å². The van der Waals surface area contributed by atoms with E-state index in [1.165, 1.54) is 37.5 Å². The zero-order valence-electron chi connectivity index (χ0n) is 68.0. The summed E-state index contributed by atoms with van der Waals surface area (Å²) in [5.41, 5.74) is 39.4. The van der Waals surface area contributed by atoms with Gasteiger partial charge in [0, 0.05) is 140 Å². The van der Waals surface area contributed by atoms with E-state index in [0.717, 1.165) is 143 Å². The lowest BCUT2D eigenvalue weighted by atomic mass is 10.0. The van der Waals surface area contributed by atoms with Gasteiger partial charge < -0.3 is 80.1 Å². The molecule has 4 amide bonds. The summed E-state index contributed by atoms with van der Waals surface area (Å²) in [5, 5.41) is 4.57. The normalized spacial score (nSPS) is 15.2. The van der Waals surface area contributed by atoms with Gasteiger partial charge in [0.05, 0.1) is 53.9 Å². The van der Waals surface area contributed by atoms with Crippen LogP contribution in [-0.2, 0) is 19.2 Å². The maximum Gasteiger partial charge on any atom is 0.250 e. The van der Waals surface area contributed by atoms with Crippen molar-refractivity contribution in [3.63, 3.8) is 0 Å². The number of ether oxygens (including phenoxy) is 2. The van der Waals surface area contributed by atoms with Crippen molar-refractivity contribution >= 4 is 120 Å². The Morgan fingerprint density at radius 2 is 0.824 bits per heavy atom. The fourth-order valence-electron chi connectivity index (χ4n) is 15.2. The Kier molecular flexibility index (Phi) is 25.9. The molecule has 0 bridgehead atoms. The predicted molar refractivity (Wildman–Crippen MR) is 473 cm³/mol. The van der Waals surface area contributed by atoms with Crippen molar-refractivity contribution in [1.82, 2.24) is 82.6 Å². The number of hydrogen-bond donors (Lipinski definition) is 4. The number of nitrogen functional groups attached to an aromatic ring is 4. The minimum absolute atomic E-state index is 0.0448. The number of methoxy groups -OCH3 is 2. The smallest absolute Gasteiger partial charge is 0.250 e. The van der Waals surface area contributed by atoms with Gasteiger partial charge in [-0.3, -0.25) is 19.2 Å². The number of halogens is 2. The van der Waals surface area contributed by atoms with E-state index in [0.29, 0.717) is 84.8 Å². The van der Waals surface area contributed by atoms with Crippen LogP contribution in [0.15, 0.2) is 209 Å². The maximum absolute atomic E-state index is 12.6. The van der Waals surface area contributed by atoms with Crippen molar-refractivity contribution in [3.05, 3.63) is 230 Å². The summed E-state index contributed by atoms with van der Waals surface area (Å²) < 4.78 is 19.3. The van der Waals surface area contributed by atoms with E-state index in [1.807, 2.05) is 194 Å². The van der Waals surface area contributed by atoms with Gasteiger partial charge in [0.25, 0.3) is 0 Å². The number of fused-ring (bicyclic) bond motifs is 4. The van der Waals surface area contributed by atoms with Crippen LogP contribution in [0, 0.1) is 13.8 Å². The highest BCUT2D eigenvalue weighted by Gasteiger charge is 2.33. The standard InChI is InChI=1S/C25H25ClN6O.C24H30N6O2.C21H23N5O2.C19H18ClN5O/c1-30(2)13-5-8-22(33)31(3)19-6-4-7-20(14-19)32-15-21(17-9-11-18(26)12-10-17)23-24(27)28-16-29-25(23)32;1-16-7-8-17(12-20(16)32-4)19-14-30(24-22(19)23(25)26-15-27-24)18-9-11-29(13-18)21(31)6-5-10-28(2)3;1-4-18(27)25-8-7-15(10-25)26-11-16(19-20(22)23-12-24-21(19)26)14-6-5-13(2)17(9-14)28-3;1-2-16(26)24-8-7-14(9-24)25-10-15(12-3-5-13(20)6-4-12)17-18(21)22-11-23-19(17)25/h4-12,14-16H,13H2,1-3H3,(H2,27,28,29);5-8,12,14-15,18H,9-11,13H2,1-4H3,(H2,25,26,27);4-6,9,11-12,15H,1,7-8,10H2,2-3H3,(H2,22,23,24);2-6,10-11,14H,1,7-9H2,(H2,21,22,23)/b8-5+;6-5+;;/t;18-;15-;14-/m.111/s1. The number of aryl methyl sites for hydroxylation is 2. The molecule has 0 saturated carbocycles. The third-order valence-electron chi connectivity index (χ3n) is 21.5. The van der Waals surface area contributed by atoms with E-state index in [2.05, 4.69) is 85.2 Å². The quantitative estimate of drug-likeness (QED) is 0.0546. The number of likely N-dealkylation sites (N-methyl/N-ethyl adjacent to an activating group) is 3. The molecule has 3 fully saturated rings. The first kappa shape index (κ1) is 83.7. The summed E-state index contributed by atoms with van der Waals surface area (Å²) in [5.74, 6) is 3.22. The number of likely N-dealkylation sites (tertiary alicyclic amines) is 3. The summed E-state index contributed by atoms with van der Waals surface area (Å²) in [6.07, 6.45) is 26.4. The Morgan fingerprint density at radius 1 is 0.462 bits per heavy atom. The minimum atomic E-state index is -0.0974. The molecule has 8 aromatic heterocycles. The first-order valence-corrected chi connectivity index (χ1v) is 39.5. The molecule has 30 heteroatoms. The molecule has 3 saturated heterocycles. The van der Waals surface area contributed by atoms with E-state index in [-0.39, 0.29) is 41.8 Å². The molecule has 8 N–H and O–H groups in total. The Balaban J connectivity index is 0.000000138. The second-order valence-electron chi connectivity index (χ2n) is 29.8. The van der Waals surface area contributed by atoms with Crippen LogP contribution in [-0.4, -0.2) is 208 Å². The highest BCUT2D eigenvalue weighted by atomic mass is 35.5. The van der Waals surface area contributed by atoms with Crippen LogP contribution in [0.5, 0.6) is 11.5 Å². The number of nitrogens with two attached hydrogens (primary N) is 4. The van der Waals surface area contributed by atoms with Gasteiger partial charge in [-0.15, -0.1) is 0 Å². The number of aromatic nitrogens is 12. The fraction of sp³-hybridized carbons (Fsp3) is 0.258. The molecule has 0 spiro atoms. The van der Waals surface area contributed by atoms with Crippen LogP contribution in [0.1, 0.15) is 48.5 Å². The molecule has 3 atom stereocenters. The molecule has 0 radical (unpaired) electrons. The highest BCUT2D eigenvalue weighted by molar-refractivity contribution is 6.31. The summed E-state index contributed by atoms with van der Waals surface area (Å²) in [4.78, 5) is 95.0. The zero-order valence-corrected chi connectivity index (χ0v) is 69.5. The molecule has 3 aliphatic heterocycles. The first-order valence-electron chi connectivity index (χ1n) is 38.7.